The number of nitrogens with zero attached hydrogens (tertiary/aromatic N) is 2. The quantitative estimate of drug-likeness (QED) is 0.782. The molecule has 0 aliphatic heterocycles. The third-order valence-corrected chi connectivity index (χ3v) is 3.47. The van der Waals surface area contributed by atoms with E-state index in [1.165, 1.54) is 19.4 Å². The lowest BCUT2D eigenvalue weighted by Crippen LogP contribution is -2.33. The highest BCUT2D eigenvalue weighted by Gasteiger charge is 2.18. The van der Waals surface area contributed by atoms with Crippen molar-refractivity contribution in [2.75, 3.05) is 38.5 Å². The van der Waals surface area contributed by atoms with Crippen molar-refractivity contribution in [1.82, 2.24) is 4.98 Å². The summed E-state index contributed by atoms with van der Waals surface area (Å²) in [5, 5.41) is 9.63. The summed E-state index contributed by atoms with van der Waals surface area (Å²) in [5.41, 5.74) is 0. The van der Waals surface area contributed by atoms with Crippen LogP contribution in [0.25, 0.3) is 0 Å². The number of aliphatic hydroxyl groups excluding tert-OH is 1. The third-order valence-electron chi connectivity index (χ3n) is 2.36. The van der Waals surface area contributed by atoms with Crippen molar-refractivity contribution in [2.24, 2.45) is 0 Å². The molecule has 7 heteroatoms. The average Bonchev–Trinajstić information content (AvgIpc) is 2.28. The van der Waals surface area contributed by atoms with Crippen LogP contribution in [0.2, 0.25) is 0 Å². The van der Waals surface area contributed by atoms with Crippen LogP contribution >= 0.6 is 0 Å². The van der Waals surface area contributed by atoms with Crippen LogP contribution in [0.5, 0.6) is 0 Å². The number of sulfone groups is 1. The topological polar surface area (TPSA) is 79.7 Å². The summed E-state index contributed by atoms with van der Waals surface area (Å²) in [4.78, 5) is 5.80. The van der Waals surface area contributed by atoms with Crippen LogP contribution in [0, 0.1) is 0 Å². The maximum atomic E-state index is 11.6. The van der Waals surface area contributed by atoms with E-state index in [4.69, 9.17) is 4.74 Å². The molecule has 0 amide bonds. The zero-order valence-electron chi connectivity index (χ0n) is 10.7. The van der Waals surface area contributed by atoms with Crippen molar-refractivity contribution in [1.29, 1.82) is 0 Å². The fourth-order valence-corrected chi connectivity index (χ4v) is 2.47. The van der Waals surface area contributed by atoms with Crippen LogP contribution in [0.15, 0.2) is 23.2 Å². The molecule has 1 rings (SSSR count). The minimum atomic E-state index is -3.34. The van der Waals surface area contributed by atoms with E-state index in [0.29, 0.717) is 5.82 Å². The molecule has 6 nitrogen and oxygen atoms in total. The Kier molecular flexibility index (Phi) is 5.06. The summed E-state index contributed by atoms with van der Waals surface area (Å²) in [7, 11) is -0.175. The minimum absolute atomic E-state index is 0.150. The fourth-order valence-electron chi connectivity index (χ4n) is 1.61. The van der Waals surface area contributed by atoms with Gasteiger partial charge < -0.3 is 14.7 Å². The van der Waals surface area contributed by atoms with Crippen molar-refractivity contribution in [3.05, 3.63) is 18.3 Å². The van der Waals surface area contributed by atoms with Crippen molar-refractivity contribution >= 4 is 15.7 Å². The van der Waals surface area contributed by atoms with Crippen LogP contribution in [0.1, 0.15) is 0 Å². The summed E-state index contributed by atoms with van der Waals surface area (Å²) in [6, 6.07) is 3.07. The Morgan fingerprint density at radius 3 is 2.78 bits per heavy atom. The maximum absolute atomic E-state index is 11.6. The van der Waals surface area contributed by atoms with E-state index in [1.807, 2.05) is 0 Å². The van der Waals surface area contributed by atoms with Gasteiger partial charge in [0.2, 0.25) is 0 Å². The molecule has 1 heterocycles. The van der Waals surface area contributed by atoms with Gasteiger partial charge in [-0.05, 0) is 12.1 Å². The molecule has 0 aromatic carbocycles. The van der Waals surface area contributed by atoms with Crippen LogP contribution in [-0.2, 0) is 14.6 Å². The lowest BCUT2D eigenvalue weighted by molar-refractivity contribution is 0.0693. The van der Waals surface area contributed by atoms with Gasteiger partial charge in [-0.15, -0.1) is 0 Å². The van der Waals surface area contributed by atoms with Gasteiger partial charge >= 0.3 is 0 Å². The normalized spacial score (nSPS) is 13.3. The summed E-state index contributed by atoms with van der Waals surface area (Å²) >= 11 is 0. The number of aliphatic hydroxyl groups is 1. The number of methoxy groups -OCH3 is 1. The first-order chi connectivity index (χ1) is 8.36. The second-order valence-corrected chi connectivity index (χ2v) is 6.07. The predicted octanol–water partition coefficient (Wildman–Crippen LogP) is -0.0714. The number of anilines is 1. The number of ether oxygens (including phenoxy) is 1. The number of pyridine rings is 1. The molecule has 0 fully saturated rings. The Balaban J connectivity index is 2.96. The number of likely N-dealkylation sites (N-methyl/N-ethyl adjacent to an activating group) is 1. The van der Waals surface area contributed by atoms with Gasteiger partial charge in [0.1, 0.15) is 10.7 Å². The average molecular weight is 274 g/mol. The molecule has 102 valence electrons. The SMILES string of the molecule is COCC(O)CN(C)c1ncccc1S(C)(=O)=O. The maximum Gasteiger partial charge on any atom is 0.179 e. The summed E-state index contributed by atoms with van der Waals surface area (Å²) < 4.78 is 28.1. The highest BCUT2D eigenvalue weighted by molar-refractivity contribution is 7.90. The molecule has 1 aromatic rings. The Labute approximate surface area is 107 Å². The minimum Gasteiger partial charge on any atom is -0.389 e. The molecule has 0 aliphatic rings. The van der Waals surface area contributed by atoms with Crippen LogP contribution in [0.4, 0.5) is 5.82 Å². The smallest absolute Gasteiger partial charge is 0.179 e. The standard InChI is InChI=1S/C11H18N2O4S/c1-13(7-9(14)8-17-2)11-10(18(3,15)16)5-4-6-12-11/h4-6,9,14H,7-8H2,1-3H3. The monoisotopic (exact) mass is 274 g/mol. The van der Waals surface area contributed by atoms with E-state index in [-0.39, 0.29) is 18.0 Å². The second-order valence-electron chi connectivity index (χ2n) is 4.09. The molecule has 0 saturated heterocycles. The van der Waals surface area contributed by atoms with Crippen molar-refractivity contribution in [2.45, 2.75) is 11.0 Å². The predicted molar refractivity (Wildman–Crippen MR) is 68.5 cm³/mol. The zero-order chi connectivity index (χ0) is 13.8. The van der Waals surface area contributed by atoms with E-state index in [0.717, 1.165) is 6.26 Å². The summed E-state index contributed by atoms with van der Waals surface area (Å²) in [6.45, 7) is 0.429. The van der Waals surface area contributed by atoms with E-state index in [9.17, 15) is 13.5 Å². The number of aromatic nitrogens is 1. The molecule has 18 heavy (non-hydrogen) atoms. The summed E-state index contributed by atoms with van der Waals surface area (Å²) in [5.74, 6) is 0.329. The third kappa shape index (κ3) is 3.94. The van der Waals surface area contributed by atoms with Crippen molar-refractivity contribution < 1.29 is 18.3 Å². The largest absolute Gasteiger partial charge is 0.389 e. The van der Waals surface area contributed by atoms with Gasteiger partial charge in [0.15, 0.2) is 9.84 Å². The van der Waals surface area contributed by atoms with Gasteiger partial charge in [-0.2, -0.15) is 0 Å². The first-order valence-electron chi connectivity index (χ1n) is 5.39. The van der Waals surface area contributed by atoms with Gasteiger partial charge in [0, 0.05) is 33.2 Å². The number of hydrogen-bond donors (Lipinski definition) is 1. The molecular weight excluding hydrogens is 256 g/mol. The Morgan fingerprint density at radius 2 is 2.22 bits per heavy atom. The van der Waals surface area contributed by atoms with Gasteiger partial charge in [0.25, 0.3) is 0 Å². The molecule has 1 aromatic heterocycles. The van der Waals surface area contributed by atoms with E-state index in [2.05, 4.69) is 4.98 Å². The molecule has 0 spiro atoms. The molecule has 0 bridgehead atoms. The highest BCUT2D eigenvalue weighted by Crippen LogP contribution is 2.21. The lowest BCUT2D eigenvalue weighted by Gasteiger charge is -2.22. The van der Waals surface area contributed by atoms with Gasteiger partial charge in [-0.1, -0.05) is 0 Å². The van der Waals surface area contributed by atoms with Gasteiger partial charge in [-0.25, -0.2) is 13.4 Å². The molecular formula is C11H18N2O4S. The first-order valence-corrected chi connectivity index (χ1v) is 7.28. The van der Waals surface area contributed by atoms with E-state index < -0.39 is 15.9 Å². The van der Waals surface area contributed by atoms with E-state index in [1.54, 1.807) is 18.0 Å². The van der Waals surface area contributed by atoms with Gasteiger partial charge in [0.05, 0.1) is 12.7 Å². The number of hydrogen-bond acceptors (Lipinski definition) is 6. The molecule has 1 N–H and O–H groups in total. The fraction of sp³-hybridized carbons (Fsp3) is 0.545. The molecule has 0 saturated carbocycles. The van der Waals surface area contributed by atoms with Crippen molar-refractivity contribution in [3.8, 4) is 0 Å². The van der Waals surface area contributed by atoms with Gasteiger partial charge in [-0.3, -0.25) is 0 Å². The first kappa shape index (κ1) is 14.9. The summed E-state index contributed by atoms with van der Waals surface area (Å²) in [6.07, 6.45) is 1.95. The molecule has 1 atom stereocenters. The highest BCUT2D eigenvalue weighted by atomic mass is 32.2. The van der Waals surface area contributed by atoms with Crippen LogP contribution < -0.4 is 4.90 Å². The van der Waals surface area contributed by atoms with E-state index >= 15 is 0 Å². The van der Waals surface area contributed by atoms with Crippen LogP contribution in [-0.4, -0.2) is 58.2 Å². The molecule has 0 radical (unpaired) electrons. The Hall–Kier alpha value is -1.18. The Morgan fingerprint density at radius 1 is 1.56 bits per heavy atom. The second kappa shape index (κ2) is 6.12. The molecule has 0 aliphatic carbocycles. The Bertz CT molecular complexity index is 490. The van der Waals surface area contributed by atoms with Crippen LogP contribution in [0.3, 0.4) is 0 Å². The van der Waals surface area contributed by atoms with Crippen molar-refractivity contribution in [3.63, 3.8) is 0 Å². The molecule has 1 unspecified atom stereocenters. The number of rotatable bonds is 6. The zero-order valence-corrected chi connectivity index (χ0v) is 11.5. The lowest BCUT2D eigenvalue weighted by atomic mass is 10.3.